The predicted octanol–water partition coefficient (Wildman–Crippen LogP) is 7.70. The van der Waals surface area contributed by atoms with E-state index in [1.807, 2.05) is 54.6 Å². The standard InChI is InChI=1S/C34H38N2O3/c1-5-36(21-18-24(2)3)27-15-16-30-32(23-27)38-22-19-25(4)31(35-26-11-7-6-8-12-26)17-20-34(30)29-14-10-9-13-28(29)33(37)39-34/h6-17,19,23-24,35H,5,18,20-22H2,1-4H3/b25-19-,31-17+. The number of anilines is 2. The van der Waals surface area contributed by atoms with Crippen LogP contribution in [-0.2, 0) is 10.3 Å². The second-order valence-electron chi connectivity index (χ2n) is 10.7. The van der Waals surface area contributed by atoms with Crippen LogP contribution in [0.25, 0.3) is 0 Å². The van der Waals surface area contributed by atoms with Crippen molar-refractivity contribution in [2.24, 2.45) is 5.92 Å². The Morgan fingerprint density at radius 3 is 2.51 bits per heavy atom. The van der Waals surface area contributed by atoms with Crippen molar-refractivity contribution >= 4 is 17.3 Å². The molecule has 1 N–H and O–H groups in total. The van der Waals surface area contributed by atoms with Crippen LogP contribution in [0.5, 0.6) is 5.75 Å². The van der Waals surface area contributed by atoms with Crippen LogP contribution < -0.4 is 15.0 Å². The monoisotopic (exact) mass is 522 g/mol. The molecule has 0 bridgehead atoms. The number of esters is 1. The van der Waals surface area contributed by atoms with Gasteiger partial charge < -0.3 is 19.7 Å². The zero-order valence-corrected chi connectivity index (χ0v) is 23.4. The Labute approximate surface area is 232 Å². The first kappa shape index (κ1) is 26.6. The van der Waals surface area contributed by atoms with Crippen molar-refractivity contribution < 1.29 is 14.3 Å². The Morgan fingerprint density at radius 2 is 1.74 bits per heavy atom. The number of rotatable bonds is 7. The lowest BCUT2D eigenvalue weighted by atomic mass is 9.81. The molecule has 2 heterocycles. The molecule has 0 saturated carbocycles. The first-order valence-corrected chi connectivity index (χ1v) is 14.0. The number of carbonyl (C=O) groups excluding carboxylic acids is 1. The fourth-order valence-corrected chi connectivity index (χ4v) is 5.39. The van der Waals surface area contributed by atoms with Gasteiger partial charge in [-0.25, -0.2) is 4.79 Å². The van der Waals surface area contributed by atoms with E-state index in [0.29, 0.717) is 24.5 Å². The Balaban J connectivity index is 1.62. The summed E-state index contributed by atoms with van der Waals surface area (Å²) in [5.41, 5.74) is 5.51. The number of hydrogen-bond donors (Lipinski definition) is 1. The van der Waals surface area contributed by atoms with Gasteiger partial charge in [0.1, 0.15) is 12.4 Å². The first-order valence-electron chi connectivity index (χ1n) is 14.0. The molecule has 5 nitrogen and oxygen atoms in total. The maximum absolute atomic E-state index is 13.2. The Hall–Kier alpha value is -3.99. The van der Waals surface area contributed by atoms with Crippen LogP contribution >= 0.6 is 0 Å². The van der Waals surface area contributed by atoms with E-state index >= 15 is 0 Å². The van der Waals surface area contributed by atoms with Gasteiger partial charge in [-0.3, -0.25) is 0 Å². The Bertz CT molecular complexity index is 1390. The number of para-hydroxylation sites is 1. The lowest BCUT2D eigenvalue weighted by molar-refractivity contribution is 0.0109. The normalized spacial score (nSPS) is 21.1. The third kappa shape index (κ3) is 5.44. The summed E-state index contributed by atoms with van der Waals surface area (Å²) >= 11 is 0. The van der Waals surface area contributed by atoms with E-state index in [9.17, 15) is 4.79 Å². The summed E-state index contributed by atoms with van der Waals surface area (Å²) in [6.07, 6.45) is 5.83. The second kappa shape index (κ2) is 11.4. The summed E-state index contributed by atoms with van der Waals surface area (Å²) in [7, 11) is 0. The number of hydrogen-bond acceptors (Lipinski definition) is 5. The van der Waals surface area contributed by atoms with Gasteiger partial charge in [0.25, 0.3) is 0 Å². The molecule has 0 saturated heterocycles. The van der Waals surface area contributed by atoms with Gasteiger partial charge in [0.05, 0.1) is 5.56 Å². The smallest absolute Gasteiger partial charge is 0.339 e. The molecule has 1 unspecified atom stereocenters. The van der Waals surface area contributed by atoms with Gasteiger partial charge in [-0.1, -0.05) is 56.3 Å². The zero-order chi connectivity index (χ0) is 27.4. The van der Waals surface area contributed by atoms with E-state index in [1.165, 1.54) is 0 Å². The molecule has 0 amide bonds. The molecular weight excluding hydrogens is 484 g/mol. The fraction of sp³-hybridized carbons (Fsp3) is 0.324. The zero-order valence-electron chi connectivity index (χ0n) is 23.4. The minimum atomic E-state index is -0.988. The van der Waals surface area contributed by atoms with Crippen LogP contribution in [0, 0.1) is 5.92 Å². The highest BCUT2D eigenvalue weighted by atomic mass is 16.6. The minimum absolute atomic E-state index is 0.303. The van der Waals surface area contributed by atoms with Gasteiger partial charge >= 0.3 is 5.97 Å². The molecule has 0 aromatic heterocycles. The molecule has 2 aliphatic heterocycles. The first-order chi connectivity index (χ1) is 18.9. The molecule has 0 radical (unpaired) electrons. The van der Waals surface area contributed by atoms with E-state index in [4.69, 9.17) is 9.47 Å². The highest BCUT2D eigenvalue weighted by Crippen LogP contribution is 2.49. The summed E-state index contributed by atoms with van der Waals surface area (Å²) in [5.74, 6) is 1.07. The van der Waals surface area contributed by atoms with Gasteiger partial charge in [0.2, 0.25) is 0 Å². The maximum Gasteiger partial charge on any atom is 0.339 e. The van der Waals surface area contributed by atoms with E-state index in [2.05, 4.69) is 68.3 Å². The van der Waals surface area contributed by atoms with Crippen LogP contribution in [0.3, 0.4) is 0 Å². The maximum atomic E-state index is 13.2. The van der Waals surface area contributed by atoms with E-state index in [-0.39, 0.29) is 5.97 Å². The molecule has 1 spiro atoms. The predicted molar refractivity (Wildman–Crippen MR) is 158 cm³/mol. The van der Waals surface area contributed by atoms with E-state index in [0.717, 1.165) is 59.0 Å². The third-order valence-electron chi connectivity index (χ3n) is 7.67. The van der Waals surface area contributed by atoms with Gasteiger partial charge in [-0.15, -0.1) is 0 Å². The van der Waals surface area contributed by atoms with Crippen molar-refractivity contribution in [3.8, 4) is 5.75 Å². The third-order valence-corrected chi connectivity index (χ3v) is 7.67. The summed E-state index contributed by atoms with van der Waals surface area (Å²) in [4.78, 5) is 15.6. The molecular formula is C34H38N2O3. The number of nitrogens with zero attached hydrogens (tertiary/aromatic N) is 1. The quantitative estimate of drug-likeness (QED) is 0.322. The average molecular weight is 523 g/mol. The largest absolute Gasteiger partial charge is 0.489 e. The summed E-state index contributed by atoms with van der Waals surface area (Å²) in [6, 6.07) is 24.2. The topological polar surface area (TPSA) is 50.8 Å². The van der Waals surface area contributed by atoms with Gasteiger partial charge in [-0.2, -0.15) is 0 Å². The van der Waals surface area contributed by atoms with Crippen LogP contribution in [0.4, 0.5) is 11.4 Å². The molecule has 3 aromatic carbocycles. The van der Waals surface area contributed by atoms with Crippen LogP contribution in [-0.4, -0.2) is 25.7 Å². The molecule has 39 heavy (non-hydrogen) atoms. The van der Waals surface area contributed by atoms with Crippen molar-refractivity contribution in [3.63, 3.8) is 0 Å². The van der Waals surface area contributed by atoms with Crippen LogP contribution in [0.15, 0.2) is 96.2 Å². The van der Waals surface area contributed by atoms with Crippen LogP contribution in [0.1, 0.15) is 62.0 Å². The van der Waals surface area contributed by atoms with Crippen molar-refractivity contribution in [1.29, 1.82) is 0 Å². The van der Waals surface area contributed by atoms with E-state index < -0.39 is 5.60 Å². The highest BCUT2D eigenvalue weighted by molar-refractivity contribution is 5.95. The molecule has 202 valence electrons. The molecule has 5 heteroatoms. The molecule has 5 rings (SSSR count). The van der Waals surface area contributed by atoms with Crippen molar-refractivity contribution in [2.75, 3.05) is 29.9 Å². The SMILES string of the molecule is CCN(CCC(C)C)c1ccc2c(c1)OC/C=C(C)\C(Nc1ccccc1)=C/CC21OC(=O)c2ccccc21. The summed E-state index contributed by atoms with van der Waals surface area (Å²) in [5, 5.41) is 3.56. The number of nitrogens with one attached hydrogen (secondary N) is 1. The Morgan fingerprint density at radius 1 is 0.974 bits per heavy atom. The van der Waals surface area contributed by atoms with Crippen molar-refractivity contribution in [1.82, 2.24) is 0 Å². The number of ether oxygens (including phenoxy) is 2. The number of fused-ring (bicyclic) bond motifs is 4. The summed E-state index contributed by atoms with van der Waals surface area (Å²) < 4.78 is 12.8. The highest BCUT2D eigenvalue weighted by Gasteiger charge is 2.48. The van der Waals surface area contributed by atoms with Gasteiger partial charge in [-0.05, 0) is 68.2 Å². The minimum Gasteiger partial charge on any atom is -0.489 e. The van der Waals surface area contributed by atoms with Crippen molar-refractivity contribution in [3.05, 3.63) is 113 Å². The van der Waals surface area contributed by atoms with Crippen molar-refractivity contribution in [2.45, 2.75) is 46.1 Å². The number of allylic oxidation sites excluding steroid dienone is 1. The lowest BCUT2D eigenvalue weighted by Gasteiger charge is -2.32. The number of carbonyl (C=O) groups is 1. The molecule has 3 aromatic rings. The molecule has 0 fully saturated rings. The number of benzene rings is 3. The van der Waals surface area contributed by atoms with Crippen LogP contribution in [0.2, 0.25) is 0 Å². The second-order valence-corrected chi connectivity index (χ2v) is 10.7. The van der Waals surface area contributed by atoms with Gasteiger partial charge in [0, 0.05) is 53.8 Å². The fourth-order valence-electron chi connectivity index (χ4n) is 5.39. The van der Waals surface area contributed by atoms with Gasteiger partial charge in [0.15, 0.2) is 5.60 Å². The Kier molecular flexibility index (Phi) is 7.78. The molecule has 0 aliphatic carbocycles. The lowest BCUT2D eigenvalue weighted by Crippen LogP contribution is -2.30. The molecule has 2 aliphatic rings. The summed E-state index contributed by atoms with van der Waals surface area (Å²) in [6.45, 7) is 11.1. The molecule has 1 atom stereocenters. The average Bonchev–Trinajstić information content (AvgIpc) is 3.23. The van der Waals surface area contributed by atoms with E-state index in [1.54, 1.807) is 0 Å².